The predicted molar refractivity (Wildman–Crippen MR) is 126 cm³/mol. The van der Waals surface area contributed by atoms with Crippen molar-refractivity contribution in [2.45, 2.75) is 29.8 Å². The molecule has 0 radical (unpaired) electrons. The molecule has 1 unspecified atom stereocenters. The minimum absolute atomic E-state index is 0.108. The van der Waals surface area contributed by atoms with Crippen molar-refractivity contribution in [2.24, 2.45) is 0 Å². The maximum atomic E-state index is 12.8. The van der Waals surface area contributed by atoms with E-state index in [4.69, 9.17) is 23.7 Å². The zero-order chi connectivity index (χ0) is 25.2. The fourth-order valence-electron chi connectivity index (χ4n) is 3.21. The van der Waals surface area contributed by atoms with E-state index in [2.05, 4.69) is 6.58 Å². The first-order valence-electron chi connectivity index (χ1n) is 10.6. The van der Waals surface area contributed by atoms with Crippen molar-refractivity contribution >= 4 is 35.8 Å². The lowest BCUT2D eigenvalue weighted by atomic mass is 10.1. The number of esters is 3. The van der Waals surface area contributed by atoms with E-state index in [1.807, 2.05) is 0 Å². The van der Waals surface area contributed by atoms with Crippen molar-refractivity contribution < 1.29 is 42.9 Å². The Bertz CT molecular complexity index is 1040. The van der Waals surface area contributed by atoms with Gasteiger partial charge in [0.05, 0.1) is 16.4 Å². The quantitative estimate of drug-likeness (QED) is 0.286. The number of ether oxygens (including phenoxy) is 5. The third-order valence-corrected chi connectivity index (χ3v) is 6.13. The SMILES string of the molecule is C=CCOC(=O)O[C@@H]1C(OC(C)=O)S[C@H](COC(=O)c2ccccc2)[C@@H]1OC(=O)c1ccccc1. The first-order valence-corrected chi connectivity index (χ1v) is 11.6. The zero-order valence-electron chi connectivity index (χ0n) is 18.9. The van der Waals surface area contributed by atoms with Crippen LogP contribution in [0.1, 0.15) is 27.6 Å². The molecule has 0 bridgehead atoms. The van der Waals surface area contributed by atoms with E-state index in [0.29, 0.717) is 5.56 Å². The Labute approximate surface area is 206 Å². The monoisotopic (exact) mass is 500 g/mol. The molecule has 1 aliphatic rings. The molecule has 10 heteroatoms. The van der Waals surface area contributed by atoms with E-state index in [-0.39, 0.29) is 18.8 Å². The van der Waals surface area contributed by atoms with E-state index in [0.717, 1.165) is 11.8 Å². The van der Waals surface area contributed by atoms with E-state index < -0.39 is 47.0 Å². The van der Waals surface area contributed by atoms with Crippen molar-refractivity contribution in [1.82, 2.24) is 0 Å². The maximum absolute atomic E-state index is 12.8. The van der Waals surface area contributed by atoms with Crippen LogP contribution < -0.4 is 0 Å². The second kappa shape index (κ2) is 12.6. The molecule has 4 atom stereocenters. The molecule has 1 heterocycles. The van der Waals surface area contributed by atoms with Gasteiger partial charge >= 0.3 is 24.1 Å². The van der Waals surface area contributed by atoms with Crippen LogP contribution in [-0.4, -0.2) is 60.2 Å². The van der Waals surface area contributed by atoms with Crippen LogP contribution in [0.4, 0.5) is 4.79 Å². The lowest BCUT2D eigenvalue weighted by Crippen LogP contribution is -2.42. The standard InChI is InChI=1S/C25H24O9S/c1-3-14-30-25(29)34-21-20(33-23(28)18-12-8-5-9-13-18)19(35-24(21)32-16(2)26)15-31-22(27)17-10-6-4-7-11-17/h3-13,19-21,24H,1,14-15H2,2H3/t19-,20+,21+,24?/m1/s1. The first kappa shape index (κ1) is 25.8. The fraction of sp³-hybridized carbons (Fsp3) is 0.280. The van der Waals surface area contributed by atoms with Gasteiger partial charge in [0.15, 0.2) is 17.6 Å². The largest absolute Gasteiger partial charge is 0.509 e. The van der Waals surface area contributed by atoms with Gasteiger partial charge in [-0.2, -0.15) is 0 Å². The third kappa shape index (κ3) is 7.35. The summed E-state index contributed by atoms with van der Waals surface area (Å²) in [4.78, 5) is 49.1. The van der Waals surface area contributed by atoms with Crippen LogP contribution >= 0.6 is 11.8 Å². The van der Waals surface area contributed by atoms with Crippen LogP contribution in [0.15, 0.2) is 73.3 Å². The zero-order valence-corrected chi connectivity index (χ0v) is 19.7. The first-order chi connectivity index (χ1) is 16.9. The summed E-state index contributed by atoms with van der Waals surface area (Å²) in [5, 5.41) is -0.711. The second-order valence-electron chi connectivity index (χ2n) is 7.28. The van der Waals surface area contributed by atoms with E-state index in [1.165, 1.54) is 13.0 Å². The predicted octanol–water partition coefficient (Wildman–Crippen LogP) is 3.78. The number of carbonyl (C=O) groups excluding carboxylic acids is 4. The van der Waals surface area contributed by atoms with Crippen molar-refractivity contribution in [3.8, 4) is 0 Å². The molecular formula is C25H24O9S. The van der Waals surface area contributed by atoms with Crippen molar-refractivity contribution in [3.63, 3.8) is 0 Å². The highest BCUT2D eigenvalue weighted by Crippen LogP contribution is 2.40. The molecule has 1 saturated heterocycles. The number of hydrogen-bond donors (Lipinski definition) is 0. The number of carbonyl (C=O) groups is 4. The summed E-state index contributed by atoms with van der Waals surface area (Å²) < 4.78 is 26.7. The Morgan fingerprint density at radius 1 is 0.829 bits per heavy atom. The molecular weight excluding hydrogens is 476 g/mol. The van der Waals surface area contributed by atoms with Gasteiger partial charge in [0.1, 0.15) is 13.2 Å². The Balaban J connectivity index is 1.82. The second-order valence-corrected chi connectivity index (χ2v) is 8.63. The topological polar surface area (TPSA) is 114 Å². The fourth-order valence-corrected chi connectivity index (χ4v) is 4.62. The van der Waals surface area contributed by atoms with Crippen LogP contribution in [0.25, 0.3) is 0 Å². The Kier molecular flexibility index (Phi) is 9.31. The van der Waals surface area contributed by atoms with Gasteiger partial charge < -0.3 is 23.7 Å². The molecule has 2 aromatic carbocycles. The maximum Gasteiger partial charge on any atom is 0.509 e. The lowest BCUT2D eigenvalue weighted by molar-refractivity contribution is -0.149. The summed E-state index contributed by atoms with van der Waals surface area (Å²) >= 11 is 1.04. The number of thioether (sulfide) groups is 1. The molecule has 3 rings (SSSR count). The summed E-state index contributed by atoms with van der Waals surface area (Å²) in [5.74, 6) is -1.91. The Morgan fingerprint density at radius 3 is 2.00 bits per heavy atom. The average molecular weight is 501 g/mol. The van der Waals surface area contributed by atoms with Gasteiger partial charge in [-0.05, 0) is 24.3 Å². The molecule has 0 N–H and O–H groups in total. The summed E-state index contributed by atoms with van der Waals surface area (Å²) in [5.41, 5.74) is -0.426. The number of rotatable bonds is 9. The normalized spacial score (nSPS) is 20.8. The smallest absolute Gasteiger partial charge is 0.461 e. The van der Waals surface area contributed by atoms with Crippen molar-refractivity contribution in [1.29, 1.82) is 0 Å². The molecule has 0 amide bonds. The Morgan fingerprint density at radius 2 is 1.43 bits per heavy atom. The average Bonchev–Trinajstić information content (AvgIpc) is 3.16. The molecule has 184 valence electrons. The van der Waals surface area contributed by atoms with Gasteiger partial charge in [0.25, 0.3) is 0 Å². The minimum Gasteiger partial charge on any atom is -0.461 e. The molecule has 0 aromatic heterocycles. The van der Waals surface area contributed by atoms with Gasteiger partial charge in [-0.25, -0.2) is 14.4 Å². The van der Waals surface area contributed by atoms with Crippen LogP contribution in [-0.2, 0) is 28.5 Å². The van der Waals surface area contributed by atoms with E-state index in [1.54, 1.807) is 60.7 Å². The van der Waals surface area contributed by atoms with Gasteiger partial charge in [0, 0.05) is 6.92 Å². The highest BCUT2D eigenvalue weighted by Gasteiger charge is 2.52. The summed E-state index contributed by atoms with van der Waals surface area (Å²) in [6, 6.07) is 16.6. The molecule has 1 aliphatic heterocycles. The van der Waals surface area contributed by atoms with Crippen LogP contribution in [0.2, 0.25) is 0 Å². The van der Waals surface area contributed by atoms with Gasteiger partial charge in [-0.1, -0.05) is 49.1 Å². The molecule has 0 saturated carbocycles. The number of benzene rings is 2. The number of hydrogen-bond acceptors (Lipinski definition) is 10. The van der Waals surface area contributed by atoms with E-state index in [9.17, 15) is 19.2 Å². The van der Waals surface area contributed by atoms with E-state index >= 15 is 0 Å². The van der Waals surface area contributed by atoms with Crippen molar-refractivity contribution in [3.05, 3.63) is 84.4 Å². The molecule has 35 heavy (non-hydrogen) atoms. The van der Waals surface area contributed by atoms with Crippen LogP contribution in [0.3, 0.4) is 0 Å². The molecule has 0 aliphatic carbocycles. The highest BCUT2D eigenvalue weighted by molar-refractivity contribution is 8.00. The molecule has 9 nitrogen and oxygen atoms in total. The third-order valence-electron chi connectivity index (χ3n) is 4.74. The van der Waals surface area contributed by atoms with Crippen LogP contribution in [0.5, 0.6) is 0 Å². The Hall–Kier alpha value is -3.79. The van der Waals surface area contributed by atoms with Gasteiger partial charge in [-0.3, -0.25) is 4.79 Å². The van der Waals surface area contributed by atoms with Crippen molar-refractivity contribution in [2.75, 3.05) is 13.2 Å². The summed E-state index contributed by atoms with van der Waals surface area (Å²) in [6.07, 6.45) is -2.03. The molecule has 1 fully saturated rings. The summed E-state index contributed by atoms with van der Waals surface area (Å²) in [7, 11) is 0. The minimum atomic E-state index is -1.21. The summed E-state index contributed by atoms with van der Waals surface area (Å²) in [6.45, 7) is 4.34. The highest BCUT2D eigenvalue weighted by atomic mass is 32.2. The molecule has 0 spiro atoms. The molecule has 2 aromatic rings. The lowest BCUT2D eigenvalue weighted by Gasteiger charge is -2.25. The van der Waals surface area contributed by atoms with Gasteiger partial charge in [0.2, 0.25) is 0 Å². The van der Waals surface area contributed by atoms with Crippen LogP contribution in [0, 0.1) is 0 Å². The van der Waals surface area contributed by atoms with Gasteiger partial charge in [-0.15, -0.1) is 11.8 Å².